The molecule has 3 aromatic heterocycles. The lowest BCUT2D eigenvalue weighted by atomic mass is 10.2. The molecule has 0 saturated heterocycles. The molecule has 0 spiro atoms. The number of aliphatic carboxylic acids is 1. The summed E-state index contributed by atoms with van der Waals surface area (Å²) in [5, 5.41) is 28.3. The van der Waals surface area contributed by atoms with E-state index < -0.39 is 11.9 Å². The molecule has 0 aliphatic rings. The van der Waals surface area contributed by atoms with Crippen molar-refractivity contribution in [3.05, 3.63) is 96.4 Å². The van der Waals surface area contributed by atoms with Crippen LogP contribution in [-0.2, 0) is 36.9 Å². The number of esters is 2. The van der Waals surface area contributed by atoms with Crippen molar-refractivity contribution in [2.24, 2.45) is 0 Å². The van der Waals surface area contributed by atoms with Gasteiger partial charge in [-0.2, -0.15) is 15.3 Å². The largest absolute Gasteiger partial charge is 0.497 e. The fourth-order valence-corrected chi connectivity index (χ4v) is 3.82. The van der Waals surface area contributed by atoms with Gasteiger partial charge in [0.25, 0.3) is 0 Å². The number of hydrogen-bond donors (Lipinski definition) is 5. The maximum atomic E-state index is 11.1. The fraction of sp³-hybridized carbons (Fsp3) is 0.273. The number of carbonyl (C=O) groups excluding carboxylic acids is 2. The number of nitrogens with two attached hydrogens (primary N) is 1. The molecule has 0 saturated carbocycles. The molecule has 51 heavy (non-hydrogen) atoms. The number of anilines is 3. The smallest absolute Gasteiger partial charge is 0.325 e. The van der Waals surface area contributed by atoms with E-state index in [1.54, 1.807) is 54.3 Å². The molecule has 0 atom stereocenters. The third-order valence-electron chi connectivity index (χ3n) is 6.36. The summed E-state index contributed by atoms with van der Waals surface area (Å²) >= 11 is 4.98. The molecular formula is C33H42ClN9O8. The van der Waals surface area contributed by atoms with Crippen LogP contribution in [0.3, 0.4) is 0 Å². The second-order valence-electron chi connectivity index (χ2n) is 9.84. The first kappa shape index (κ1) is 40.9. The number of nitrogen functional groups attached to an aromatic ring is 1. The zero-order chi connectivity index (χ0) is 37.4. The minimum absolute atomic E-state index is 0.0590. The van der Waals surface area contributed by atoms with Gasteiger partial charge in [0.2, 0.25) is 0 Å². The van der Waals surface area contributed by atoms with Gasteiger partial charge in [0, 0.05) is 6.07 Å². The third kappa shape index (κ3) is 16.1. The molecule has 0 aliphatic heterocycles. The predicted octanol–water partition coefficient (Wildman–Crippen LogP) is 3.35. The lowest BCUT2D eigenvalue weighted by molar-refractivity contribution is -0.139. The number of aromatic amines is 1. The number of rotatable bonds is 13. The van der Waals surface area contributed by atoms with Crippen molar-refractivity contribution in [2.75, 3.05) is 63.8 Å². The van der Waals surface area contributed by atoms with Crippen molar-refractivity contribution in [1.29, 1.82) is 0 Å². The Morgan fingerprint density at radius 1 is 0.745 bits per heavy atom. The molecule has 18 heteroatoms. The number of carbonyl (C=O) groups is 3. The van der Waals surface area contributed by atoms with Crippen molar-refractivity contribution in [3.63, 3.8) is 0 Å². The number of alkyl halides is 1. The number of H-pyrrole nitrogens is 1. The number of benzene rings is 2. The van der Waals surface area contributed by atoms with Gasteiger partial charge in [0.15, 0.2) is 0 Å². The molecule has 0 aliphatic carbocycles. The van der Waals surface area contributed by atoms with Crippen LogP contribution >= 0.6 is 11.6 Å². The van der Waals surface area contributed by atoms with Gasteiger partial charge in [-0.15, -0.1) is 11.6 Å². The van der Waals surface area contributed by atoms with Crippen molar-refractivity contribution in [1.82, 2.24) is 29.8 Å². The summed E-state index contributed by atoms with van der Waals surface area (Å²) in [6, 6.07) is 20.9. The van der Waals surface area contributed by atoms with E-state index in [4.69, 9.17) is 31.9 Å². The van der Waals surface area contributed by atoms with E-state index in [2.05, 4.69) is 40.5 Å². The van der Waals surface area contributed by atoms with Gasteiger partial charge < -0.3 is 40.4 Å². The van der Waals surface area contributed by atoms with E-state index in [1.165, 1.54) is 14.2 Å². The van der Waals surface area contributed by atoms with Crippen LogP contribution in [0.4, 0.5) is 17.5 Å². The van der Waals surface area contributed by atoms with Crippen molar-refractivity contribution in [2.45, 2.75) is 13.1 Å². The number of aromatic nitrogens is 6. The Kier molecular flexibility index (Phi) is 18.6. The van der Waals surface area contributed by atoms with Gasteiger partial charge >= 0.3 is 17.9 Å². The highest BCUT2D eigenvalue weighted by Gasteiger charge is 2.06. The maximum Gasteiger partial charge on any atom is 0.325 e. The second kappa shape index (κ2) is 23.2. The van der Waals surface area contributed by atoms with E-state index in [0.717, 1.165) is 28.4 Å². The van der Waals surface area contributed by atoms with E-state index in [9.17, 15) is 14.4 Å². The molecule has 5 aromatic rings. The van der Waals surface area contributed by atoms with Gasteiger partial charge in [-0.3, -0.25) is 19.5 Å². The first-order valence-electron chi connectivity index (χ1n) is 15.1. The van der Waals surface area contributed by atoms with Crippen LogP contribution < -0.4 is 25.8 Å². The molecule has 6 N–H and O–H groups in total. The van der Waals surface area contributed by atoms with Crippen molar-refractivity contribution < 1.29 is 38.4 Å². The van der Waals surface area contributed by atoms with Crippen LogP contribution in [-0.4, -0.2) is 100 Å². The molecule has 0 unspecified atom stereocenters. The average Bonchev–Trinajstić information content (AvgIpc) is 3.94. The molecule has 2 aromatic carbocycles. The molecular weight excluding hydrogens is 686 g/mol. The quantitative estimate of drug-likeness (QED) is 0.0867. The van der Waals surface area contributed by atoms with Crippen LogP contribution in [0.15, 0.2) is 85.3 Å². The maximum absolute atomic E-state index is 11.1. The highest BCUT2D eigenvalue weighted by molar-refractivity contribution is 6.26. The summed E-state index contributed by atoms with van der Waals surface area (Å²) < 4.78 is 22.5. The average molecular weight is 728 g/mol. The Balaban J connectivity index is 0.000000256. The number of nitrogens with zero attached hydrogens (tertiary/aromatic N) is 5. The van der Waals surface area contributed by atoms with E-state index in [0.29, 0.717) is 24.7 Å². The first-order valence-corrected chi connectivity index (χ1v) is 15.6. The highest BCUT2D eigenvalue weighted by Crippen LogP contribution is 2.15. The normalized spacial score (nSPS) is 9.67. The van der Waals surface area contributed by atoms with Crippen molar-refractivity contribution in [3.8, 4) is 11.5 Å². The Bertz CT molecular complexity index is 1700. The summed E-state index contributed by atoms with van der Waals surface area (Å²) in [7, 11) is 5.95. The third-order valence-corrected chi connectivity index (χ3v) is 6.58. The molecule has 0 bridgehead atoms. The molecule has 17 nitrogen and oxygen atoms in total. The highest BCUT2D eigenvalue weighted by atomic mass is 35.5. The SMILES string of the molecule is COC(=O)CCl.COC(=O)CNc1ccnn1Cc1ccc(OC)cc1.COc1ccc(Cn2nccc2N)cc1.O=C(O)CNc1ccn[nH]1. The number of nitrogens with one attached hydrogen (secondary N) is 3. The van der Waals surface area contributed by atoms with E-state index in [1.807, 2.05) is 54.6 Å². The minimum atomic E-state index is -0.894. The number of ether oxygens (including phenoxy) is 4. The Morgan fingerprint density at radius 2 is 1.29 bits per heavy atom. The topological polar surface area (TPSA) is 223 Å². The summed E-state index contributed by atoms with van der Waals surface area (Å²) in [5.74, 6) is 2.06. The zero-order valence-corrected chi connectivity index (χ0v) is 29.4. The van der Waals surface area contributed by atoms with Crippen LogP contribution in [0.25, 0.3) is 0 Å². The zero-order valence-electron chi connectivity index (χ0n) is 28.6. The summed E-state index contributed by atoms with van der Waals surface area (Å²) in [6.07, 6.45) is 4.92. The number of carboxylic acid groups (broad SMARTS) is 1. The van der Waals surface area contributed by atoms with Crippen molar-refractivity contribution >= 4 is 47.0 Å². The van der Waals surface area contributed by atoms with E-state index >= 15 is 0 Å². The second-order valence-corrected chi connectivity index (χ2v) is 10.1. The van der Waals surface area contributed by atoms with Crippen LogP contribution in [0.5, 0.6) is 11.5 Å². The van der Waals surface area contributed by atoms with Gasteiger partial charge in [-0.25, -0.2) is 9.36 Å². The molecule has 3 heterocycles. The molecule has 0 amide bonds. The standard InChI is InChI=1S/C14H17N3O3.C11H13N3O.C5H7N3O2.C3H5ClO2/c1-19-12-5-3-11(4-6-12)10-17-13(7-8-16-17)15-9-14(18)20-2;1-15-10-4-2-9(3-5-10)8-14-11(12)6-7-13-14;9-5(10)3-6-4-1-2-7-8-4;1-6-3(5)2-4/h3-8,15H,9-10H2,1-2H3;2-7H,8,12H2,1H3;1-2H,3H2,(H,9,10)(H2,6,7,8);2H2,1H3. The Hall–Kier alpha value is -6.23. The number of hydrogen-bond acceptors (Lipinski definition) is 13. The lowest BCUT2D eigenvalue weighted by Crippen LogP contribution is -2.17. The first-order chi connectivity index (χ1) is 24.6. The fourth-order valence-electron chi connectivity index (χ4n) is 3.71. The molecule has 0 fully saturated rings. The minimum Gasteiger partial charge on any atom is -0.497 e. The van der Waals surface area contributed by atoms with Crippen LogP contribution in [0, 0.1) is 0 Å². The number of methoxy groups -OCH3 is 4. The lowest BCUT2D eigenvalue weighted by Gasteiger charge is -2.09. The summed E-state index contributed by atoms with van der Waals surface area (Å²) in [5.41, 5.74) is 7.96. The Labute approximate surface area is 299 Å². The monoisotopic (exact) mass is 727 g/mol. The van der Waals surface area contributed by atoms with Gasteiger partial charge in [0.05, 0.1) is 60.1 Å². The Morgan fingerprint density at radius 3 is 1.73 bits per heavy atom. The molecule has 5 rings (SSSR count). The summed E-state index contributed by atoms with van der Waals surface area (Å²) in [6.45, 7) is 1.32. The van der Waals surface area contributed by atoms with Crippen LogP contribution in [0.1, 0.15) is 11.1 Å². The molecule has 274 valence electrons. The van der Waals surface area contributed by atoms with Gasteiger partial charge in [-0.1, -0.05) is 24.3 Å². The van der Waals surface area contributed by atoms with E-state index in [-0.39, 0.29) is 24.9 Å². The van der Waals surface area contributed by atoms with Crippen LogP contribution in [0.2, 0.25) is 0 Å². The predicted molar refractivity (Wildman–Crippen MR) is 191 cm³/mol. The number of carboxylic acids is 1. The van der Waals surface area contributed by atoms with Gasteiger partial charge in [0.1, 0.15) is 47.9 Å². The summed E-state index contributed by atoms with van der Waals surface area (Å²) in [4.78, 5) is 30.9. The van der Waals surface area contributed by atoms with Gasteiger partial charge in [-0.05, 0) is 47.5 Å². The molecule has 0 radical (unpaired) electrons. The number of halogens is 1.